The average Bonchev–Trinajstić information content (AvgIpc) is 2.72. The van der Waals surface area contributed by atoms with E-state index in [1.165, 1.54) is 17.0 Å². The molecule has 3 atom stereocenters. The number of ether oxygens (including phenoxy) is 1. The molecule has 2 aliphatic rings. The number of alkyl halides is 3. The van der Waals surface area contributed by atoms with Crippen LogP contribution in [0.3, 0.4) is 0 Å². The van der Waals surface area contributed by atoms with Crippen LogP contribution in [0.1, 0.15) is 36.3 Å². The van der Waals surface area contributed by atoms with E-state index in [-0.39, 0.29) is 37.6 Å². The highest BCUT2D eigenvalue weighted by Crippen LogP contribution is 2.34. The number of urea groups is 1. The molecule has 0 aromatic heterocycles. The Morgan fingerprint density at radius 2 is 1.79 bits per heavy atom. The van der Waals surface area contributed by atoms with E-state index in [2.05, 4.69) is 0 Å². The van der Waals surface area contributed by atoms with Gasteiger partial charge >= 0.3 is 18.2 Å². The lowest BCUT2D eigenvalue weighted by atomic mass is 9.84. The maximum Gasteiger partial charge on any atom is 0.416 e. The lowest BCUT2D eigenvalue weighted by Gasteiger charge is -2.41. The highest BCUT2D eigenvalue weighted by molar-refractivity contribution is 5.77. The van der Waals surface area contributed by atoms with Gasteiger partial charge in [0.2, 0.25) is 0 Å². The van der Waals surface area contributed by atoms with E-state index < -0.39 is 23.6 Å². The molecule has 160 valence electrons. The van der Waals surface area contributed by atoms with Crippen LogP contribution in [-0.4, -0.2) is 66.3 Å². The summed E-state index contributed by atoms with van der Waals surface area (Å²) in [4.78, 5) is 27.8. The third kappa shape index (κ3) is 5.01. The van der Waals surface area contributed by atoms with Crippen LogP contribution in [0.4, 0.5) is 18.0 Å². The predicted molar refractivity (Wildman–Crippen MR) is 98.5 cm³/mol. The number of methoxy groups -OCH3 is 1. The third-order valence-electron chi connectivity index (χ3n) is 5.76. The second-order valence-corrected chi connectivity index (χ2v) is 7.72. The number of nitrogens with zero attached hydrogens (tertiary/aromatic N) is 2. The Labute approximate surface area is 167 Å². The Morgan fingerprint density at radius 3 is 2.38 bits per heavy atom. The molecule has 2 heterocycles. The number of aliphatic carboxylic acids is 1. The molecule has 3 unspecified atom stereocenters. The minimum atomic E-state index is -4.43. The monoisotopic (exact) mass is 414 g/mol. The molecular formula is C20H25F3N2O4. The van der Waals surface area contributed by atoms with Gasteiger partial charge in [0.25, 0.3) is 0 Å². The molecule has 29 heavy (non-hydrogen) atoms. The number of hydrogen-bond acceptors (Lipinski definition) is 3. The number of rotatable bonds is 3. The molecule has 0 aliphatic carbocycles. The summed E-state index contributed by atoms with van der Waals surface area (Å²) in [5, 5.41) is 9.52. The number of likely N-dealkylation sites (tertiary alicyclic amines) is 2. The van der Waals surface area contributed by atoms with Crippen LogP contribution in [0.25, 0.3) is 0 Å². The predicted octanol–water partition coefficient (Wildman–Crippen LogP) is 3.43. The number of carbonyl (C=O) groups is 2. The number of hydrogen-bond donors (Lipinski definition) is 1. The molecular weight excluding hydrogens is 389 g/mol. The van der Waals surface area contributed by atoms with Gasteiger partial charge in [-0.3, -0.25) is 4.79 Å². The quantitative estimate of drug-likeness (QED) is 0.823. The Bertz CT molecular complexity index is 738. The molecule has 0 spiro atoms. The van der Waals surface area contributed by atoms with E-state index in [9.17, 15) is 27.9 Å². The summed E-state index contributed by atoms with van der Waals surface area (Å²) in [7, 11) is 1.60. The van der Waals surface area contributed by atoms with Gasteiger partial charge in [-0.2, -0.15) is 13.2 Å². The lowest BCUT2D eigenvalue weighted by Crippen LogP contribution is -2.53. The summed E-state index contributed by atoms with van der Waals surface area (Å²) in [6, 6.07) is 4.51. The van der Waals surface area contributed by atoms with Crippen LogP contribution < -0.4 is 0 Å². The molecule has 3 rings (SSSR count). The minimum Gasteiger partial charge on any atom is -0.481 e. The Kier molecular flexibility index (Phi) is 6.36. The zero-order chi connectivity index (χ0) is 21.2. The summed E-state index contributed by atoms with van der Waals surface area (Å²) < 4.78 is 43.8. The van der Waals surface area contributed by atoms with Gasteiger partial charge in [0.05, 0.1) is 17.6 Å². The molecule has 2 aliphatic heterocycles. The normalized spacial score (nSPS) is 25.7. The number of amides is 2. The number of piperidine rings is 2. The van der Waals surface area contributed by atoms with Crippen LogP contribution in [0.15, 0.2) is 24.3 Å². The average molecular weight is 414 g/mol. The summed E-state index contributed by atoms with van der Waals surface area (Å²) in [6.45, 7) is 1.41. The minimum absolute atomic E-state index is 0.0431. The fourth-order valence-electron chi connectivity index (χ4n) is 4.12. The van der Waals surface area contributed by atoms with Gasteiger partial charge in [-0.1, -0.05) is 12.1 Å². The first-order chi connectivity index (χ1) is 13.7. The molecule has 2 fully saturated rings. The fraction of sp³-hybridized carbons (Fsp3) is 0.600. The lowest BCUT2D eigenvalue weighted by molar-refractivity contribution is -0.143. The first-order valence-electron chi connectivity index (χ1n) is 9.65. The number of carboxylic acids is 1. The van der Waals surface area contributed by atoms with E-state index in [4.69, 9.17) is 4.74 Å². The molecule has 6 nitrogen and oxygen atoms in total. The van der Waals surface area contributed by atoms with Crippen molar-refractivity contribution in [2.75, 3.05) is 33.3 Å². The van der Waals surface area contributed by atoms with Crippen molar-refractivity contribution in [2.45, 2.75) is 37.5 Å². The maximum absolute atomic E-state index is 13.0. The largest absolute Gasteiger partial charge is 0.481 e. The second-order valence-electron chi connectivity index (χ2n) is 7.72. The van der Waals surface area contributed by atoms with Crippen molar-refractivity contribution >= 4 is 12.0 Å². The van der Waals surface area contributed by atoms with Crippen molar-refractivity contribution in [3.63, 3.8) is 0 Å². The van der Waals surface area contributed by atoms with E-state index in [1.54, 1.807) is 12.0 Å². The molecule has 1 aromatic carbocycles. The van der Waals surface area contributed by atoms with Gasteiger partial charge in [0.15, 0.2) is 0 Å². The first-order valence-corrected chi connectivity index (χ1v) is 9.65. The first kappa shape index (κ1) is 21.4. The van der Waals surface area contributed by atoms with Crippen molar-refractivity contribution in [1.29, 1.82) is 0 Å². The SMILES string of the molecule is COC1CCCN(C(=O)N2CC(C(=O)O)CC(c3ccc(C(F)(F)F)cc3)C2)C1. The third-order valence-corrected chi connectivity index (χ3v) is 5.76. The van der Waals surface area contributed by atoms with Crippen LogP contribution in [0.2, 0.25) is 0 Å². The Hall–Kier alpha value is -2.29. The highest BCUT2D eigenvalue weighted by Gasteiger charge is 2.37. The van der Waals surface area contributed by atoms with Gasteiger partial charge in [-0.25, -0.2) is 4.79 Å². The number of benzene rings is 1. The van der Waals surface area contributed by atoms with Gasteiger partial charge in [-0.15, -0.1) is 0 Å². The molecule has 9 heteroatoms. The standard InChI is InChI=1S/C20H25F3N2O4/c1-29-17-3-2-8-24(12-17)19(28)25-10-14(9-15(11-25)18(26)27)13-4-6-16(7-5-13)20(21,22)23/h4-7,14-15,17H,2-3,8-12H2,1H3,(H,26,27). The number of carboxylic acid groups (broad SMARTS) is 1. The van der Waals surface area contributed by atoms with Crippen LogP contribution in [0.5, 0.6) is 0 Å². The van der Waals surface area contributed by atoms with E-state index >= 15 is 0 Å². The van der Waals surface area contributed by atoms with Gasteiger partial charge in [0.1, 0.15) is 0 Å². The smallest absolute Gasteiger partial charge is 0.416 e. The van der Waals surface area contributed by atoms with E-state index in [0.29, 0.717) is 18.7 Å². The fourth-order valence-corrected chi connectivity index (χ4v) is 4.12. The molecule has 0 bridgehead atoms. The topological polar surface area (TPSA) is 70.1 Å². The highest BCUT2D eigenvalue weighted by atomic mass is 19.4. The molecule has 2 saturated heterocycles. The van der Waals surface area contributed by atoms with E-state index in [0.717, 1.165) is 25.0 Å². The molecule has 1 N–H and O–H groups in total. The summed E-state index contributed by atoms with van der Waals surface area (Å²) >= 11 is 0. The second kappa shape index (κ2) is 8.61. The number of halogens is 3. The van der Waals surface area contributed by atoms with Gasteiger partial charge in [0, 0.05) is 39.2 Å². The van der Waals surface area contributed by atoms with Crippen molar-refractivity contribution in [1.82, 2.24) is 9.80 Å². The van der Waals surface area contributed by atoms with Gasteiger partial charge in [-0.05, 0) is 37.0 Å². The summed E-state index contributed by atoms with van der Waals surface area (Å²) in [5.74, 6) is -2.10. The zero-order valence-corrected chi connectivity index (χ0v) is 16.2. The van der Waals surface area contributed by atoms with Crippen molar-refractivity contribution in [3.8, 4) is 0 Å². The Balaban J connectivity index is 1.77. The van der Waals surface area contributed by atoms with Crippen molar-refractivity contribution in [3.05, 3.63) is 35.4 Å². The molecule has 0 radical (unpaired) electrons. The van der Waals surface area contributed by atoms with Crippen molar-refractivity contribution in [2.24, 2.45) is 5.92 Å². The van der Waals surface area contributed by atoms with Gasteiger partial charge < -0.3 is 19.6 Å². The number of carbonyl (C=O) groups excluding carboxylic acids is 1. The maximum atomic E-state index is 13.0. The van der Waals surface area contributed by atoms with Crippen LogP contribution >= 0.6 is 0 Å². The molecule has 1 aromatic rings. The van der Waals surface area contributed by atoms with Crippen LogP contribution in [0, 0.1) is 5.92 Å². The molecule has 0 saturated carbocycles. The summed E-state index contributed by atoms with van der Waals surface area (Å²) in [6.07, 6.45) is -2.51. The zero-order valence-electron chi connectivity index (χ0n) is 16.2. The van der Waals surface area contributed by atoms with Crippen molar-refractivity contribution < 1.29 is 32.6 Å². The summed E-state index contributed by atoms with van der Waals surface area (Å²) in [5.41, 5.74) is -0.145. The van der Waals surface area contributed by atoms with E-state index in [1.807, 2.05) is 0 Å². The molecule has 2 amide bonds. The van der Waals surface area contributed by atoms with Crippen LogP contribution in [-0.2, 0) is 15.7 Å². The Morgan fingerprint density at radius 1 is 1.10 bits per heavy atom.